The van der Waals surface area contributed by atoms with E-state index in [1.54, 1.807) is 26.8 Å². The summed E-state index contributed by atoms with van der Waals surface area (Å²) >= 11 is 0. The van der Waals surface area contributed by atoms with Gasteiger partial charge in [-0.1, -0.05) is 11.8 Å². The number of carbonyl (C=O) groups is 2. The van der Waals surface area contributed by atoms with E-state index in [1.165, 1.54) is 18.5 Å². The molecule has 0 saturated heterocycles. The highest BCUT2D eigenvalue weighted by Crippen LogP contribution is 2.36. The number of hydrogen-bond donors (Lipinski definition) is 4. The third-order valence-corrected chi connectivity index (χ3v) is 3.99. The van der Waals surface area contributed by atoms with E-state index in [9.17, 15) is 14.0 Å². The molecular formula is C19H17FN4O3. The minimum absolute atomic E-state index is 0.0190. The Kier molecular flexibility index (Phi) is 4.45. The first-order valence-electron chi connectivity index (χ1n) is 8.08. The van der Waals surface area contributed by atoms with Crippen LogP contribution >= 0.6 is 0 Å². The van der Waals surface area contributed by atoms with E-state index in [0.717, 1.165) is 5.69 Å². The van der Waals surface area contributed by atoms with Gasteiger partial charge in [-0.2, -0.15) is 0 Å². The number of amides is 2. The van der Waals surface area contributed by atoms with E-state index >= 15 is 0 Å². The van der Waals surface area contributed by atoms with Gasteiger partial charge in [0.25, 0.3) is 5.91 Å². The maximum absolute atomic E-state index is 14.5. The van der Waals surface area contributed by atoms with Gasteiger partial charge in [0.1, 0.15) is 5.82 Å². The number of aromatic amines is 1. The number of fused-ring (bicyclic) bond motifs is 1. The molecule has 0 spiro atoms. The summed E-state index contributed by atoms with van der Waals surface area (Å²) in [6, 6.07) is 2.68. The molecule has 1 aromatic heterocycles. The normalized spacial score (nSPS) is 14.4. The molecule has 1 aliphatic rings. The van der Waals surface area contributed by atoms with Crippen molar-refractivity contribution >= 4 is 29.3 Å². The average molecular weight is 368 g/mol. The van der Waals surface area contributed by atoms with Crippen LogP contribution < -0.4 is 10.6 Å². The van der Waals surface area contributed by atoms with E-state index in [0.29, 0.717) is 16.9 Å². The first kappa shape index (κ1) is 18.2. The third kappa shape index (κ3) is 3.67. The monoisotopic (exact) mass is 368 g/mol. The zero-order chi connectivity index (χ0) is 19.8. The van der Waals surface area contributed by atoms with Gasteiger partial charge in [-0.25, -0.2) is 14.2 Å². The van der Waals surface area contributed by atoms with Gasteiger partial charge < -0.3 is 20.7 Å². The van der Waals surface area contributed by atoms with Crippen molar-refractivity contribution in [1.29, 1.82) is 0 Å². The highest BCUT2D eigenvalue weighted by molar-refractivity contribution is 6.35. The summed E-state index contributed by atoms with van der Waals surface area (Å²) in [6.07, 6.45) is 1.83. The standard InChI is InChI=1S/C19H17FN4O3/c1-10-15(22-9-21-10)8-12-16-11(6-7-19(2,3)24-18(26)27)13(20)4-5-14(16)23-17(12)25/h4-5,8-9,24H,1-3H3,(H,21,22)(H,23,25)(H,26,27)/b12-8-. The largest absolute Gasteiger partial charge is 0.465 e. The van der Waals surface area contributed by atoms with Gasteiger partial charge in [0.15, 0.2) is 0 Å². The first-order chi connectivity index (χ1) is 12.7. The molecule has 138 valence electrons. The number of carbonyl (C=O) groups excluding carboxylic acids is 1. The number of carboxylic acid groups (broad SMARTS) is 1. The van der Waals surface area contributed by atoms with Crippen molar-refractivity contribution in [3.63, 3.8) is 0 Å². The first-order valence-corrected chi connectivity index (χ1v) is 8.08. The van der Waals surface area contributed by atoms with Gasteiger partial charge in [0.05, 0.1) is 34.4 Å². The molecule has 1 aliphatic heterocycles. The molecular weight excluding hydrogens is 351 g/mol. The number of aromatic nitrogens is 2. The van der Waals surface area contributed by atoms with Gasteiger partial charge in [-0.15, -0.1) is 0 Å². The fourth-order valence-corrected chi connectivity index (χ4v) is 2.69. The topological polar surface area (TPSA) is 107 Å². The van der Waals surface area contributed by atoms with E-state index in [-0.39, 0.29) is 17.0 Å². The second-order valence-corrected chi connectivity index (χ2v) is 6.58. The van der Waals surface area contributed by atoms with Crippen molar-refractivity contribution in [3.05, 3.63) is 46.8 Å². The lowest BCUT2D eigenvalue weighted by Gasteiger charge is -2.17. The number of nitrogens with one attached hydrogen (secondary N) is 3. The number of benzene rings is 1. The van der Waals surface area contributed by atoms with E-state index < -0.39 is 17.4 Å². The highest BCUT2D eigenvalue weighted by Gasteiger charge is 2.29. The van der Waals surface area contributed by atoms with Crippen LogP contribution in [0.4, 0.5) is 14.9 Å². The van der Waals surface area contributed by atoms with Gasteiger partial charge in [0.2, 0.25) is 0 Å². The SMILES string of the molecule is Cc1[nH]cnc1/C=C1\C(=O)Nc2ccc(F)c(C#CC(C)(C)NC(=O)O)c21. The van der Waals surface area contributed by atoms with Crippen LogP contribution in [0.15, 0.2) is 18.5 Å². The van der Waals surface area contributed by atoms with Crippen molar-refractivity contribution < 1.29 is 19.1 Å². The summed E-state index contributed by atoms with van der Waals surface area (Å²) < 4.78 is 14.5. The molecule has 1 aromatic carbocycles. The van der Waals surface area contributed by atoms with Crippen molar-refractivity contribution in [2.75, 3.05) is 5.32 Å². The van der Waals surface area contributed by atoms with Crippen molar-refractivity contribution in [1.82, 2.24) is 15.3 Å². The second-order valence-electron chi connectivity index (χ2n) is 6.58. The number of rotatable bonds is 2. The minimum atomic E-state index is -1.24. The number of halogens is 1. The summed E-state index contributed by atoms with van der Waals surface area (Å²) in [5.74, 6) is 4.42. The molecule has 7 nitrogen and oxygen atoms in total. The molecule has 2 aromatic rings. The number of nitrogens with zero attached hydrogens (tertiary/aromatic N) is 1. The molecule has 0 saturated carbocycles. The Morgan fingerprint density at radius 3 is 2.78 bits per heavy atom. The van der Waals surface area contributed by atoms with Gasteiger partial charge >= 0.3 is 6.09 Å². The summed E-state index contributed by atoms with van der Waals surface area (Å²) in [6.45, 7) is 4.92. The molecule has 0 radical (unpaired) electrons. The van der Waals surface area contributed by atoms with Crippen LogP contribution in [-0.4, -0.2) is 32.6 Å². The molecule has 0 bridgehead atoms. The number of anilines is 1. The van der Waals surface area contributed by atoms with Crippen molar-refractivity contribution in [2.24, 2.45) is 0 Å². The quantitative estimate of drug-likeness (QED) is 0.483. The number of aryl methyl sites for hydroxylation is 1. The van der Waals surface area contributed by atoms with Gasteiger partial charge in [-0.05, 0) is 39.0 Å². The van der Waals surface area contributed by atoms with Crippen molar-refractivity contribution in [3.8, 4) is 11.8 Å². The Balaban J connectivity index is 2.13. The van der Waals surface area contributed by atoms with Crippen LogP contribution in [-0.2, 0) is 4.79 Å². The molecule has 3 rings (SSSR count). The van der Waals surface area contributed by atoms with E-state index in [4.69, 9.17) is 5.11 Å². The summed E-state index contributed by atoms with van der Waals surface area (Å²) in [7, 11) is 0. The molecule has 0 atom stereocenters. The molecule has 0 unspecified atom stereocenters. The average Bonchev–Trinajstić information content (AvgIpc) is 3.10. The lowest BCUT2D eigenvalue weighted by atomic mass is 9.97. The zero-order valence-corrected chi connectivity index (χ0v) is 14.9. The summed E-state index contributed by atoms with van der Waals surface area (Å²) in [5.41, 5.74) is 1.26. The lowest BCUT2D eigenvalue weighted by Crippen LogP contribution is -2.41. The summed E-state index contributed by atoms with van der Waals surface area (Å²) in [4.78, 5) is 30.3. The zero-order valence-electron chi connectivity index (χ0n) is 14.9. The van der Waals surface area contributed by atoms with E-state index in [1.807, 2.05) is 0 Å². The van der Waals surface area contributed by atoms with Gasteiger partial charge in [-0.3, -0.25) is 4.79 Å². The maximum atomic E-state index is 14.5. The molecule has 8 heteroatoms. The Morgan fingerprint density at radius 2 is 2.15 bits per heavy atom. The smallest absolute Gasteiger partial charge is 0.405 e. The third-order valence-electron chi connectivity index (χ3n) is 3.99. The lowest BCUT2D eigenvalue weighted by molar-refractivity contribution is -0.110. The van der Waals surface area contributed by atoms with Crippen LogP contribution in [0.1, 0.15) is 36.4 Å². The predicted octanol–water partition coefficient (Wildman–Crippen LogP) is 2.75. The van der Waals surface area contributed by atoms with Crippen LogP contribution in [0.25, 0.3) is 11.6 Å². The number of H-pyrrole nitrogens is 1. The van der Waals surface area contributed by atoms with Crippen molar-refractivity contribution in [2.45, 2.75) is 26.3 Å². The second kappa shape index (κ2) is 6.61. The van der Waals surface area contributed by atoms with Crippen LogP contribution in [0, 0.1) is 24.6 Å². The Bertz CT molecular complexity index is 1040. The number of hydrogen-bond acceptors (Lipinski definition) is 3. The summed E-state index contributed by atoms with van der Waals surface area (Å²) in [5, 5.41) is 13.8. The molecule has 2 heterocycles. The molecule has 0 fully saturated rings. The predicted molar refractivity (Wildman–Crippen MR) is 98.3 cm³/mol. The van der Waals surface area contributed by atoms with Crippen LogP contribution in [0.5, 0.6) is 0 Å². The maximum Gasteiger partial charge on any atom is 0.405 e. The minimum Gasteiger partial charge on any atom is -0.465 e. The van der Waals surface area contributed by atoms with Crippen LogP contribution in [0.2, 0.25) is 0 Å². The Morgan fingerprint density at radius 1 is 1.41 bits per heavy atom. The fourth-order valence-electron chi connectivity index (χ4n) is 2.69. The molecule has 0 aliphatic carbocycles. The molecule has 2 amide bonds. The molecule has 4 N–H and O–H groups in total. The fraction of sp³-hybridized carbons (Fsp3) is 0.211. The Hall–Kier alpha value is -3.60. The highest BCUT2D eigenvalue weighted by atomic mass is 19.1. The van der Waals surface area contributed by atoms with Crippen LogP contribution in [0.3, 0.4) is 0 Å². The Labute approximate surface area is 154 Å². The van der Waals surface area contributed by atoms with E-state index in [2.05, 4.69) is 32.4 Å². The van der Waals surface area contributed by atoms with Gasteiger partial charge in [0, 0.05) is 11.3 Å². The number of imidazole rings is 1. The molecule has 27 heavy (non-hydrogen) atoms.